The van der Waals surface area contributed by atoms with Crippen LogP contribution in [0.3, 0.4) is 0 Å². The summed E-state index contributed by atoms with van der Waals surface area (Å²) in [5, 5.41) is 9.31. The van der Waals surface area contributed by atoms with E-state index < -0.39 is 0 Å². The molecule has 0 bridgehead atoms. The molecule has 4 aliphatic rings. The summed E-state index contributed by atoms with van der Waals surface area (Å²) in [6, 6.07) is 0. The van der Waals surface area contributed by atoms with Gasteiger partial charge in [0.15, 0.2) is 0 Å². The van der Waals surface area contributed by atoms with E-state index in [1.54, 1.807) is 5.57 Å². The smallest absolute Gasteiger partial charge is 0.0456 e. The summed E-state index contributed by atoms with van der Waals surface area (Å²) in [7, 11) is 0. The third-order valence-electron chi connectivity index (χ3n) is 10.0. The van der Waals surface area contributed by atoms with Gasteiger partial charge in [0.2, 0.25) is 0 Å². The number of aliphatic hydroxyl groups excluding tert-OH is 1. The highest BCUT2D eigenvalue weighted by molar-refractivity contribution is 5.35. The van der Waals surface area contributed by atoms with E-state index in [1.165, 1.54) is 64.2 Å². The Bertz CT molecular complexity index is 618. The molecule has 158 valence electrons. The van der Waals surface area contributed by atoms with Crippen molar-refractivity contribution in [1.82, 2.24) is 0 Å². The average molecular weight is 385 g/mol. The van der Waals surface area contributed by atoms with Crippen molar-refractivity contribution >= 4 is 0 Å². The predicted molar refractivity (Wildman–Crippen MR) is 119 cm³/mol. The minimum absolute atomic E-state index is 0.349. The zero-order valence-corrected chi connectivity index (χ0v) is 18.9. The number of fused-ring (bicyclic) bond motifs is 5. The van der Waals surface area contributed by atoms with E-state index >= 15 is 0 Å². The molecule has 0 radical (unpaired) electrons. The van der Waals surface area contributed by atoms with Crippen molar-refractivity contribution in [3.63, 3.8) is 0 Å². The molecule has 0 heterocycles. The van der Waals surface area contributed by atoms with E-state index in [0.29, 0.717) is 23.4 Å². The molecule has 1 N–H and O–H groups in total. The quantitative estimate of drug-likeness (QED) is 0.515. The lowest BCUT2D eigenvalue weighted by Gasteiger charge is -2.56. The maximum atomic E-state index is 9.31. The first-order valence-electron chi connectivity index (χ1n) is 12.4. The second-order valence-electron chi connectivity index (χ2n) is 11.5. The zero-order valence-electron chi connectivity index (χ0n) is 18.9. The monoisotopic (exact) mass is 384 g/mol. The largest absolute Gasteiger partial charge is 0.396 e. The minimum atomic E-state index is 0.349. The van der Waals surface area contributed by atoms with Gasteiger partial charge < -0.3 is 5.11 Å². The van der Waals surface area contributed by atoms with Gasteiger partial charge in [-0.1, -0.05) is 58.8 Å². The van der Waals surface area contributed by atoms with E-state index in [4.69, 9.17) is 0 Å². The van der Waals surface area contributed by atoms with Gasteiger partial charge in [-0.25, -0.2) is 0 Å². The van der Waals surface area contributed by atoms with Crippen LogP contribution in [0.15, 0.2) is 23.8 Å². The van der Waals surface area contributed by atoms with Crippen molar-refractivity contribution in [1.29, 1.82) is 0 Å². The first-order chi connectivity index (χ1) is 13.4. The zero-order chi connectivity index (χ0) is 19.9. The fourth-order valence-electron chi connectivity index (χ4n) is 8.24. The van der Waals surface area contributed by atoms with Crippen LogP contribution < -0.4 is 0 Å². The number of rotatable bonds is 6. The van der Waals surface area contributed by atoms with Crippen LogP contribution in [-0.2, 0) is 0 Å². The molecule has 0 amide bonds. The second-order valence-corrected chi connectivity index (χ2v) is 11.5. The Kier molecular flexibility index (Phi) is 5.87. The van der Waals surface area contributed by atoms with Crippen LogP contribution in [0.5, 0.6) is 0 Å². The molecule has 2 fully saturated rings. The first kappa shape index (κ1) is 20.7. The van der Waals surface area contributed by atoms with Gasteiger partial charge in [0.25, 0.3) is 0 Å². The molecule has 4 rings (SSSR count). The van der Waals surface area contributed by atoms with Gasteiger partial charge in [-0.05, 0) is 103 Å². The standard InChI is InChI=1S/C27H44O/c1-19(18-28)8-7-9-20(2)23-13-14-24-22-12-11-21-10-5-6-16-26(21,3)25(22)15-17-27(23,24)4/h10-12,19-20,22-25,28H,5-9,13-18H2,1-4H3/t19?,20?,22-,23+,24-,25-,26-,27+/m0/s1. The summed E-state index contributed by atoms with van der Waals surface area (Å²) < 4.78 is 0. The van der Waals surface area contributed by atoms with Crippen LogP contribution in [0.1, 0.15) is 91.9 Å². The van der Waals surface area contributed by atoms with Crippen molar-refractivity contribution in [2.75, 3.05) is 6.61 Å². The Hall–Kier alpha value is -0.560. The van der Waals surface area contributed by atoms with Crippen LogP contribution in [-0.4, -0.2) is 11.7 Å². The van der Waals surface area contributed by atoms with Gasteiger partial charge in [0, 0.05) is 6.61 Å². The van der Waals surface area contributed by atoms with E-state index in [-0.39, 0.29) is 0 Å². The van der Waals surface area contributed by atoms with Crippen molar-refractivity contribution in [2.45, 2.75) is 91.9 Å². The Morgan fingerprint density at radius 1 is 1.07 bits per heavy atom. The molecule has 28 heavy (non-hydrogen) atoms. The Balaban J connectivity index is 1.48. The molecule has 1 heteroatoms. The van der Waals surface area contributed by atoms with E-state index in [9.17, 15) is 5.11 Å². The topological polar surface area (TPSA) is 20.2 Å². The van der Waals surface area contributed by atoms with Gasteiger partial charge in [0.1, 0.15) is 0 Å². The summed E-state index contributed by atoms with van der Waals surface area (Å²) >= 11 is 0. The Morgan fingerprint density at radius 3 is 2.68 bits per heavy atom. The molecule has 0 aromatic heterocycles. The number of aliphatic hydroxyl groups is 1. The third kappa shape index (κ3) is 3.34. The van der Waals surface area contributed by atoms with Crippen molar-refractivity contribution in [3.05, 3.63) is 23.8 Å². The molecular formula is C27H44O. The lowest BCUT2D eigenvalue weighted by Crippen LogP contribution is -2.49. The molecule has 1 nitrogen and oxygen atoms in total. The lowest BCUT2D eigenvalue weighted by atomic mass is 9.48. The van der Waals surface area contributed by atoms with Gasteiger partial charge >= 0.3 is 0 Å². The van der Waals surface area contributed by atoms with Crippen LogP contribution in [0.4, 0.5) is 0 Å². The molecule has 0 aromatic carbocycles. The predicted octanol–water partition coefficient (Wildman–Crippen LogP) is 7.17. The highest BCUT2D eigenvalue weighted by Crippen LogP contribution is 2.66. The molecule has 0 spiro atoms. The van der Waals surface area contributed by atoms with E-state index in [2.05, 4.69) is 45.9 Å². The van der Waals surface area contributed by atoms with Gasteiger partial charge in [-0.3, -0.25) is 0 Å². The Labute approximate surface area is 174 Å². The van der Waals surface area contributed by atoms with Crippen molar-refractivity contribution in [2.24, 2.45) is 46.3 Å². The van der Waals surface area contributed by atoms with Crippen LogP contribution in [0.2, 0.25) is 0 Å². The van der Waals surface area contributed by atoms with Crippen LogP contribution in [0.25, 0.3) is 0 Å². The fraction of sp³-hybridized carbons (Fsp3) is 0.852. The maximum absolute atomic E-state index is 9.31. The Morgan fingerprint density at radius 2 is 1.89 bits per heavy atom. The summed E-state index contributed by atoms with van der Waals surface area (Å²) in [4.78, 5) is 0. The normalized spacial score (nSPS) is 44.2. The van der Waals surface area contributed by atoms with Crippen LogP contribution in [0, 0.1) is 46.3 Å². The second kappa shape index (κ2) is 7.93. The summed E-state index contributed by atoms with van der Waals surface area (Å²) in [6.07, 6.45) is 21.5. The van der Waals surface area contributed by atoms with Gasteiger partial charge in [-0.2, -0.15) is 0 Å². The maximum Gasteiger partial charge on any atom is 0.0456 e. The van der Waals surface area contributed by atoms with Crippen molar-refractivity contribution < 1.29 is 5.11 Å². The van der Waals surface area contributed by atoms with E-state index in [1.807, 2.05) is 0 Å². The van der Waals surface area contributed by atoms with Gasteiger partial charge in [0.05, 0.1) is 0 Å². The summed E-state index contributed by atoms with van der Waals surface area (Å²) in [6.45, 7) is 10.3. The minimum Gasteiger partial charge on any atom is -0.396 e. The SMILES string of the molecule is CC(CO)CCCC(C)[C@H]1CC[C@H]2[C@@H]3C=CC4=CCCC[C@]4(C)[C@H]3CC[C@]12C. The molecule has 4 aliphatic carbocycles. The highest BCUT2D eigenvalue weighted by atomic mass is 16.3. The average Bonchev–Trinajstić information content (AvgIpc) is 3.04. The molecule has 0 saturated heterocycles. The lowest BCUT2D eigenvalue weighted by molar-refractivity contribution is -0.0264. The molecule has 2 saturated carbocycles. The van der Waals surface area contributed by atoms with Gasteiger partial charge in [-0.15, -0.1) is 0 Å². The van der Waals surface area contributed by atoms with Crippen LogP contribution >= 0.6 is 0 Å². The van der Waals surface area contributed by atoms with E-state index in [0.717, 1.165) is 29.6 Å². The molecule has 0 aliphatic heterocycles. The summed E-state index contributed by atoms with van der Waals surface area (Å²) in [5.74, 6) is 4.84. The molecular weight excluding hydrogens is 340 g/mol. The molecule has 2 unspecified atom stereocenters. The fourth-order valence-corrected chi connectivity index (χ4v) is 8.24. The van der Waals surface area contributed by atoms with Crippen molar-refractivity contribution in [3.8, 4) is 0 Å². The number of hydrogen-bond acceptors (Lipinski definition) is 1. The number of hydrogen-bond donors (Lipinski definition) is 1. The molecule has 8 atom stereocenters. The third-order valence-corrected chi connectivity index (χ3v) is 10.0. The first-order valence-corrected chi connectivity index (χ1v) is 12.4. The molecule has 0 aromatic rings. The highest BCUT2D eigenvalue weighted by Gasteiger charge is 2.58. The summed E-state index contributed by atoms with van der Waals surface area (Å²) in [5.41, 5.74) is 2.69. The number of allylic oxidation sites excluding steroid dienone is 4.